The van der Waals surface area contributed by atoms with E-state index < -0.39 is 40.4 Å². The van der Waals surface area contributed by atoms with Crippen molar-refractivity contribution in [2.75, 3.05) is 24.9 Å². The number of anilines is 1. The van der Waals surface area contributed by atoms with Crippen LogP contribution < -0.4 is 9.62 Å². The first-order valence-electron chi connectivity index (χ1n) is 10.7. The third-order valence-corrected chi connectivity index (χ3v) is 7.62. The van der Waals surface area contributed by atoms with Crippen molar-refractivity contribution in [2.45, 2.75) is 39.4 Å². The van der Waals surface area contributed by atoms with E-state index >= 15 is 0 Å². The second-order valence-electron chi connectivity index (χ2n) is 8.36. The predicted molar refractivity (Wildman–Crippen MR) is 136 cm³/mol. The number of halogens is 3. The number of amides is 2. The van der Waals surface area contributed by atoms with Gasteiger partial charge in [0.05, 0.1) is 15.7 Å². The number of benzene rings is 2. The van der Waals surface area contributed by atoms with Gasteiger partial charge < -0.3 is 10.2 Å². The summed E-state index contributed by atoms with van der Waals surface area (Å²) in [5, 5.41) is 3.33. The van der Waals surface area contributed by atoms with E-state index in [9.17, 15) is 22.4 Å². The van der Waals surface area contributed by atoms with Crippen molar-refractivity contribution >= 4 is 50.9 Å². The van der Waals surface area contributed by atoms with Crippen molar-refractivity contribution < 1.29 is 22.4 Å². The first-order chi connectivity index (χ1) is 16.2. The van der Waals surface area contributed by atoms with Crippen LogP contribution >= 0.6 is 23.2 Å². The van der Waals surface area contributed by atoms with E-state index in [1.807, 2.05) is 0 Å². The van der Waals surface area contributed by atoms with Gasteiger partial charge in [-0.3, -0.25) is 9.59 Å². The molecule has 2 amide bonds. The van der Waals surface area contributed by atoms with Gasteiger partial charge >= 0.3 is 10.2 Å². The van der Waals surface area contributed by atoms with Gasteiger partial charge in [0, 0.05) is 26.7 Å². The molecule has 0 saturated carbocycles. The van der Waals surface area contributed by atoms with E-state index in [2.05, 4.69) is 5.32 Å². The van der Waals surface area contributed by atoms with Gasteiger partial charge in [-0.25, -0.2) is 8.70 Å². The maximum atomic E-state index is 14.6. The SMILES string of the molecule is CC(C)NC(=O)C(C)N(Cc1ccc(Cl)c(Cl)c1)C(=O)CN(c1ccccc1F)S(=O)(=O)N(C)C. The van der Waals surface area contributed by atoms with Crippen molar-refractivity contribution in [1.82, 2.24) is 14.5 Å². The van der Waals surface area contributed by atoms with Gasteiger partial charge in [0.2, 0.25) is 11.8 Å². The third kappa shape index (κ3) is 7.30. The van der Waals surface area contributed by atoms with Crippen LogP contribution in [0.2, 0.25) is 10.0 Å². The number of para-hydroxylation sites is 1. The number of nitrogens with one attached hydrogen (secondary N) is 1. The number of carbonyl (C=O) groups is 2. The fourth-order valence-electron chi connectivity index (χ4n) is 3.18. The van der Waals surface area contributed by atoms with Crippen molar-refractivity contribution in [3.05, 3.63) is 63.9 Å². The van der Waals surface area contributed by atoms with E-state index in [0.29, 0.717) is 14.9 Å². The highest BCUT2D eigenvalue weighted by atomic mass is 35.5. The smallest absolute Gasteiger partial charge is 0.304 e. The minimum absolute atomic E-state index is 0.0600. The summed E-state index contributed by atoms with van der Waals surface area (Å²) in [6.07, 6.45) is 0. The summed E-state index contributed by atoms with van der Waals surface area (Å²) in [5.41, 5.74) is 0.285. The minimum Gasteiger partial charge on any atom is -0.352 e. The normalized spacial score (nSPS) is 12.5. The molecule has 0 saturated heterocycles. The van der Waals surface area contributed by atoms with Gasteiger partial charge in [0.1, 0.15) is 18.4 Å². The molecule has 0 aliphatic carbocycles. The van der Waals surface area contributed by atoms with E-state index in [4.69, 9.17) is 23.2 Å². The Kier molecular flexibility index (Phi) is 9.91. The van der Waals surface area contributed by atoms with Gasteiger partial charge in [-0.05, 0) is 50.6 Å². The Hall–Kier alpha value is -2.40. The molecule has 0 fully saturated rings. The molecular weight excluding hydrogens is 518 g/mol. The molecule has 2 rings (SSSR count). The van der Waals surface area contributed by atoms with Crippen LogP contribution in [-0.2, 0) is 26.3 Å². The molecule has 0 heterocycles. The highest BCUT2D eigenvalue weighted by molar-refractivity contribution is 7.90. The molecule has 2 aromatic carbocycles. The van der Waals surface area contributed by atoms with Crippen molar-refractivity contribution in [1.29, 1.82) is 0 Å². The van der Waals surface area contributed by atoms with E-state index in [1.54, 1.807) is 32.0 Å². The van der Waals surface area contributed by atoms with Gasteiger partial charge in [-0.2, -0.15) is 12.7 Å². The highest BCUT2D eigenvalue weighted by Crippen LogP contribution is 2.26. The first kappa shape index (κ1) is 28.8. The molecule has 0 spiro atoms. The molecule has 0 aliphatic rings. The van der Waals surface area contributed by atoms with Crippen LogP contribution in [0, 0.1) is 5.82 Å². The van der Waals surface area contributed by atoms with E-state index in [1.165, 1.54) is 44.1 Å². The summed E-state index contributed by atoms with van der Waals surface area (Å²) in [6.45, 7) is 4.29. The van der Waals surface area contributed by atoms with Crippen LogP contribution in [0.1, 0.15) is 26.3 Å². The Morgan fingerprint density at radius 3 is 2.20 bits per heavy atom. The largest absolute Gasteiger partial charge is 0.352 e. The van der Waals surface area contributed by atoms with Crippen LogP contribution in [0.15, 0.2) is 42.5 Å². The molecule has 1 unspecified atom stereocenters. The zero-order valence-corrected chi connectivity index (χ0v) is 22.5. The van der Waals surface area contributed by atoms with Crippen LogP contribution in [0.4, 0.5) is 10.1 Å². The van der Waals surface area contributed by atoms with Crippen LogP contribution in [-0.4, -0.2) is 62.2 Å². The molecule has 12 heteroatoms. The average Bonchev–Trinajstić information content (AvgIpc) is 2.77. The fraction of sp³-hybridized carbons (Fsp3) is 0.391. The molecule has 2 aromatic rings. The zero-order valence-electron chi connectivity index (χ0n) is 20.1. The minimum atomic E-state index is -4.25. The lowest BCUT2D eigenvalue weighted by Crippen LogP contribution is -2.53. The lowest BCUT2D eigenvalue weighted by Gasteiger charge is -2.33. The van der Waals surface area contributed by atoms with E-state index in [0.717, 1.165) is 10.4 Å². The summed E-state index contributed by atoms with van der Waals surface area (Å²) in [7, 11) is -1.70. The average molecular weight is 547 g/mol. The Morgan fingerprint density at radius 2 is 1.66 bits per heavy atom. The van der Waals surface area contributed by atoms with Crippen molar-refractivity contribution in [3.8, 4) is 0 Å². The number of carbonyl (C=O) groups excluding carboxylic acids is 2. The summed E-state index contributed by atoms with van der Waals surface area (Å²) in [6, 6.07) is 8.85. The maximum Gasteiger partial charge on any atom is 0.304 e. The Bertz CT molecular complexity index is 1180. The highest BCUT2D eigenvalue weighted by Gasteiger charge is 2.33. The predicted octanol–water partition coefficient (Wildman–Crippen LogP) is 3.69. The molecule has 0 aliphatic heterocycles. The quantitative estimate of drug-likeness (QED) is 0.492. The zero-order chi connectivity index (χ0) is 26.5. The lowest BCUT2D eigenvalue weighted by molar-refractivity contribution is -0.139. The number of rotatable bonds is 10. The van der Waals surface area contributed by atoms with Crippen LogP contribution in [0.5, 0.6) is 0 Å². The van der Waals surface area contributed by atoms with Crippen LogP contribution in [0.25, 0.3) is 0 Å². The topological polar surface area (TPSA) is 90.0 Å². The Morgan fingerprint density at radius 1 is 1.03 bits per heavy atom. The molecule has 35 heavy (non-hydrogen) atoms. The summed E-state index contributed by atoms with van der Waals surface area (Å²) in [4.78, 5) is 27.5. The molecule has 1 atom stereocenters. The van der Waals surface area contributed by atoms with Crippen molar-refractivity contribution in [3.63, 3.8) is 0 Å². The van der Waals surface area contributed by atoms with Crippen LogP contribution in [0.3, 0.4) is 0 Å². The third-order valence-electron chi connectivity index (χ3n) is 5.08. The van der Waals surface area contributed by atoms with Gasteiger partial charge in [-0.15, -0.1) is 0 Å². The van der Waals surface area contributed by atoms with Gasteiger partial charge in [0.15, 0.2) is 0 Å². The summed E-state index contributed by atoms with van der Waals surface area (Å²) in [5.74, 6) is -1.95. The lowest BCUT2D eigenvalue weighted by atomic mass is 10.1. The molecule has 0 radical (unpaired) electrons. The number of hydrogen-bond acceptors (Lipinski definition) is 4. The summed E-state index contributed by atoms with van der Waals surface area (Å²) < 4.78 is 42.2. The van der Waals surface area contributed by atoms with Gasteiger partial charge in [-0.1, -0.05) is 41.4 Å². The molecule has 192 valence electrons. The summed E-state index contributed by atoms with van der Waals surface area (Å²) >= 11 is 12.1. The molecule has 0 bridgehead atoms. The second-order valence-corrected chi connectivity index (χ2v) is 11.2. The molecule has 1 N–H and O–H groups in total. The molecule has 0 aromatic heterocycles. The Labute approximate surface area is 215 Å². The van der Waals surface area contributed by atoms with E-state index in [-0.39, 0.29) is 23.3 Å². The second kappa shape index (κ2) is 12.0. The monoisotopic (exact) mass is 546 g/mol. The maximum absolute atomic E-state index is 14.6. The molecular formula is C23H29Cl2FN4O4S. The van der Waals surface area contributed by atoms with Gasteiger partial charge in [0.25, 0.3) is 0 Å². The number of nitrogens with zero attached hydrogens (tertiary/aromatic N) is 3. The number of hydrogen-bond donors (Lipinski definition) is 1. The standard InChI is InChI=1S/C23H29Cl2FN4O4S/c1-15(2)27-23(32)16(3)29(13-17-10-11-18(24)19(25)12-17)22(31)14-30(35(33,34)28(4)5)21-9-7-6-8-20(21)26/h6-12,15-16H,13-14H2,1-5H3,(H,27,32). The fourth-order valence-corrected chi connectivity index (χ4v) is 4.56. The Balaban J connectivity index is 2.49. The molecule has 8 nitrogen and oxygen atoms in total. The van der Waals surface area contributed by atoms with Crippen molar-refractivity contribution in [2.24, 2.45) is 0 Å². The first-order valence-corrected chi connectivity index (χ1v) is 12.9.